The molecule has 0 saturated heterocycles. The Morgan fingerprint density at radius 2 is 1.96 bits per heavy atom. The molecule has 1 heterocycles. The summed E-state index contributed by atoms with van der Waals surface area (Å²) in [6.07, 6.45) is 0. The van der Waals surface area contributed by atoms with Crippen LogP contribution in [0.25, 0.3) is 11.0 Å². The van der Waals surface area contributed by atoms with E-state index in [1.165, 1.54) is 0 Å². The smallest absolute Gasteiger partial charge is 0.374 e. The number of hydrogen-bond acceptors (Lipinski definition) is 5. The summed E-state index contributed by atoms with van der Waals surface area (Å²) in [7, 11) is 0. The molecule has 2 N–H and O–H groups in total. The highest BCUT2D eigenvalue weighted by molar-refractivity contribution is 6.31. The third-order valence-electron chi connectivity index (χ3n) is 3.33. The van der Waals surface area contributed by atoms with Crippen LogP contribution in [0.2, 0.25) is 5.02 Å². The van der Waals surface area contributed by atoms with Crippen LogP contribution in [0.1, 0.15) is 16.1 Å². The van der Waals surface area contributed by atoms with E-state index in [1.54, 1.807) is 48.5 Å². The first-order chi connectivity index (χ1) is 12.0. The van der Waals surface area contributed by atoms with Gasteiger partial charge in [0.25, 0.3) is 5.91 Å². The Morgan fingerprint density at radius 3 is 2.76 bits per heavy atom. The summed E-state index contributed by atoms with van der Waals surface area (Å²) in [6.45, 7) is -0.185. The number of rotatable bonds is 6. The van der Waals surface area contributed by atoms with Crippen molar-refractivity contribution in [1.29, 1.82) is 0 Å². The molecule has 0 aliphatic heterocycles. The normalized spacial score (nSPS) is 10.6. The standard InChI is InChI=1S/C18H14ClNO5/c19-13-4-5-15-12(7-13)8-16(25-15)18(22)24-9-11-2-1-3-14(6-11)23-10-17(20)21/h1-8H,9-10H2,(H2,20,21). The van der Waals surface area contributed by atoms with Crippen molar-refractivity contribution in [3.8, 4) is 5.75 Å². The summed E-state index contributed by atoms with van der Waals surface area (Å²) in [5, 5.41) is 1.28. The molecule has 128 valence electrons. The van der Waals surface area contributed by atoms with Crippen molar-refractivity contribution in [1.82, 2.24) is 0 Å². The van der Waals surface area contributed by atoms with Crippen molar-refractivity contribution in [3.05, 3.63) is 64.9 Å². The number of esters is 1. The van der Waals surface area contributed by atoms with E-state index in [0.717, 1.165) is 5.39 Å². The minimum atomic E-state index is -0.587. The van der Waals surface area contributed by atoms with Gasteiger partial charge >= 0.3 is 5.97 Å². The molecule has 25 heavy (non-hydrogen) atoms. The first-order valence-corrected chi connectivity index (χ1v) is 7.75. The summed E-state index contributed by atoms with van der Waals surface area (Å²) in [4.78, 5) is 22.9. The number of fused-ring (bicyclic) bond motifs is 1. The highest BCUT2D eigenvalue weighted by Crippen LogP contribution is 2.24. The van der Waals surface area contributed by atoms with E-state index in [-0.39, 0.29) is 19.0 Å². The molecule has 0 aliphatic rings. The quantitative estimate of drug-likeness (QED) is 0.682. The number of amides is 1. The molecular weight excluding hydrogens is 346 g/mol. The average molecular weight is 360 g/mol. The molecule has 0 atom stereocenters. The summed E-state index contributed by atoms with van der Waals surface area (Å²) < 4.78 is 15.9. The van der Waals surface area contributed by atoms with Gasteiger partial charge in [0.05, 0.1) is 0 Å². The van der Waals surface area contributed by atoms with Gasteiger partial charge in [0.1, 0.15) is 17.9 Å². The molecule has 7 heteroatoms. The molecule has 3 rings (SSSR count). The van der Waals surface area contributed by atoms with Gasteiger partial charge < -0.3 is 19.6 Å². The van der Waals surface area contributed by atoms with E-state index < -0.39 is 11.9 Å². The molecule has 3 aromatic rings. The van der Waals surface area contributed by atoms with Crippen molar-refractivity contribution >= 4 is 34.4 Å². The van der Waals surface area contributed by atoms with E-state index in [1.807, 2.05) is 0 Å². The second-order valence-corrected chi connectivity index (χ2v) is 5.71. The van der Waals surface area contributed by atoms with Crippen LogP contribution in [-0.2, 0) is 16.1 Å². The van der Waals surface area contributed by atoms with Crippen molar-refractivity contribution < 1.29 is 23.5 Å². The molecule has 0 fully saturated rings. The Hall–Kier alpha value is -2.99. The number of halogens is 1. The van der Waals surface area contributed by atoms with Crippen LogP contribution in [0.3, 0.4) is 0 Å². The number of ether oxygens (including phenoxy) is 2. The van der Waals surface area contributed by atoms with E-state index in [4.69, 9.17) is 31.2 Å². The van der Waals surface area contributed by atoms with E-state index >= 15 is 0 Å². The minimum Gasteiger partial charge on any atom is -0.484 e. The number of nitrogens with two attached hydrogens (primary N) is 1. The van der Waals surface area contributed by atoms with Crippen LogP contribution in [0.4, 0.5) is 0 Å². The van der Waals surface area contributed by atoms with Gasteiger partial charge in [-0.1, -0.05) is 23.7 Å². The predicted octanol–water partition coefficient (Wildman–Crippen LogP) is 3.31. The van der Waals surface area contributed by atoms with Gasteiger partial charge in [0.15, 0.2) is 6.61 Å². The number of furan rings is 1. The van der Waals surface area contributed by atoms with Crippen LogP contribution in [0.5, 0.6) is 5.75 Å². The van der Waals surface area contributed by atoms with E-state index in [9.17, 15) is 9.59 Å². The highest BCUT2D eigenvalue weighted by atomic mass is 35.5. The highest BCUT2D eigenvalue weighted by Gasteiger charge is 2.14. The number of primary amides is 1. The van der Waals surface area contributed by atoms with Crippen molar-refractivity contribution in [2.45, 2.75) is 6.61 Å². The lowest BCUT2D eigenvalue weighted by atomic mass is 10.2. The summed E-state index contributed by atoms with van der Waals surface area (Å²) in [6, 6.07) is 13.5. The second kappa shape index (κ2) is 7.27. The Labute approximate surface area is 148 Å². The Morgan fingerprint density at radius 1 is 1.12 bits per heavy atom. The lowest BCUT2D eigenvalue weighted by Gasteiger charge is -2.07. The third kappa shape index (κ3) is 4.30. The molecule has 6 nitrogen and oxygen atoms in total. The SMILES string of the molecule is NC(=O)COc1cccc(COC(=O)c2cc3cc(Cl)ccc3o2)c1. The number of carbonyl (C=O) groups is 2. The Bertz CT molecular complexity index is 934. The molecule has 2 aromatic carbocycles. The zero-order valence-corrected chi connectivity index (χ0v) is 13.8. The fourth-order valence-corrected chi connectivity index (χ4v) is 2.39. The molecule has 0 saturated carbocycles. The molecular formula is C18H14ClNO5. The fourth-order valence-electron chi connectivity index (χ4n) is 2.21. The van der Waals surface area contributed by atoms with Crippen LogP contribution in [0.15, 0.2) is 52.9 Å². The lowest BCUT2D eigenvalue weighted by molar-refractivity contribution is -0.119. The number of hydrogen-bond donors (Lipinski definition) is 1. The zero-order chi connectivity index (χ0) is 17.8. The lowest BCUT2D eigenvalue weighted by Crippen LogP contribution is -2.20. The fraction of sp³-hybridized carbons (Fsp3) is 0.111. The molecule has 0 spiro atoms. The minimum absolute atomic E-state index is 0.0321. The maximum absolute atomic E-state index is 12.1. The van der Waals surface area contributed by atoms with Crippen LogP contribution in [0, 0.1) is 0 Å². The van der Waals surface area contributed by atoms with Gasteiger partial charge in [-0.3, -0.25) is 4.79 Å². The van der Waals surface area contributed by atoms with Crippen LogP contribution < -0.4 is 10.5 Å². The van der Waals surface area contributed by atoms with E-state index in [0.29, 0.717) is 21.9 Å². The maximum atomic E-state index is 12.1. The second-order valence-electron chi connectivity index (χ2n) is 5.27. The number of carbonyl (C=O) groups excluding carboxylic acids is 2. The van der Waals surface area contributed by atoms with Gasteiger partial charge in [-0.05, 0) is 42.0 Å². The zero-order valence-electron chi connectivity index (χ0n) is 13.0. The Balaban J connectivity index is 1.65. The Kier molecular flexibility index (Phi) is 4.90. The van der Waals surface area contributed by atoms with Crippen molar-refractivity contribution in [2.75, 3.05) is 6.61 Å². The number of benzene rings is 2. The molecule has 0 bridgehead atoms. The van der Waals surface area contributed by atoms with E-state index in [2.05, 4.69) is 0 Å². The molecule has 1 amide bonds. The first kappa shape index (κ1) is 16.9. The van der Waals surface area contributed by atoms with Gasteiger partial charge in [0, 0.05) is 10.4 Å². The van der Waals surface area contributed by atoms with Gasteiger partial charge in [0.2, 0.25) is 5.76 Å². The van der Waals surface area contributed by atoms with Crippen molar-refractivity contribution in [2.24, 2.45) is 5.73 Å². The topological polar surface area (TPSA) is 91.8 Å². The maximum Gasteiger partial charge on any atom is 0.374 e. The van der Waals surface area contributed by atoms with Gasteiger partial charge in [-0.2, -0.15) is 0 Å². The van der Waals surface area contributed by atoms with Crippen LogP contribution >= 0.6 is 11.6 Å². The van der Waals surface area contributed by atoms with Crippen molar-refractivity contribution in [3.63, 3.8) is 0 Å². The third-order valence-corrected chi connectivity index (χ3v) is 3.56. The molecule has 1 aromatic heterocycles. The molecule has 0 aliphatic carbocycles. The monoisotopic (exact) mass is 359 g/mol. The summed E-state index contributed by atoms with van der Waals surface area (Å²) >= 11 is 5.91. The molecule has 0 unspecified atom stereocenters. The summed E-state index contributed by atoms with van der Waals surface area (Å²) in [5.74, 6) is -0.596. The van der Waals surface area contributed by atoms with Crippen LogP contribution in [-0.4, -0.2) is 18.5 Å². The predicted molar refractivity (Wildman–Crippen MR) is 91.5 cm³/mol. The largest absolute Gasteiger partial charge is 0.484 e. The van der Waals surface area contributed by atoms with Gasteiger partial charge in [-0.25, -0.2) is 4.79 Å². The molecule has 0 radical (unpaired) electrons. The average Bonchev–Trinajstić information content (AvgIpc) is 3.01. The summed E-state index contributed by atoms with van der Waals surface area (Å²) in [5.41, 5.74) is 6.29. The first-order valence-electron chi connectivity index (χ1n) is 7.37. The van der Waals surface area contributed by atoms with Gasteiger partial charge in [-0.15, -0.1) is 0 Å².